The summed E-state index contributed by atoms with van der Waals surface area (Å²) in [5, 5.41) is 9.69. The number of hydrogen-bond acceptors (Lipinski definition) is 4. The molecule has 1 N–H and O–H groups in total. The van der Waals surface area contributed by atoms with Crippen molar-refractivity contribution in [1.82, 2.24) is 14.5 Å². The number of rotatable bonds is 2. The molecule has 0 aliphatic heterocycles. The molecule has 0 bridgehead atoms. The van der Waals surface area contributed by atoms with E-state index in [2.05, 4.69) is 9.97 Å². The quantitative estimate of drug-likeness (QED) is 0.781. The SMILES string of the molecule is Cc1cnc(-n2cnc(CO)c2)s1. The summed E-state index contributed by atoms with van der Waals surface area (Å²) >= 11 is 1.59. The molecule has 0 fully saturated rings. The fraction of sp³-hybridized carbons (Fsp3) is 0.250. The Morgan fingerprint density at radius 1 is 1.54 bits per heavy atom. The van der Waals surface area contributed by atoms with E-state index in [0.717, 1.165) is 10.0 Å². The lowest BCUT2D eigenvalue weighted by atomic mass is 10.5. The molecular weight excluding hydrogens is 186 g/mol. The minimum Gasteiger partial charge on any atom is -0.390 e. The molecule has 4 nitrogen and oxygen atoms in total. The third kappa shape index (κ3) is 1.61. The minimum atomic E-state index is -0.0304. The first kappa shape index (κ1) is 8.40. The predicted molar refractivity (Wildman–Crippen MR) is 49.9 cm³/mol. The minimum absolute atomic E-state index is 0.0304. The molecule has 0 amide bonds. The third-order valence-corrected chi connectivity index (χ3v) is 2.55. The van der Waals surface area contributed by atoms with Crippen molar-refractivity contribution in [3.8, 4) is 5.13 Å². The van der Waals surface area contributed by atoms with Gasteiger partial charge in [-0.25, -0.2) is 9.97 Å². The monoisotopic (exact) mass is 195 g/mol. The molecule has 0 aromatic carbocycles. The third-order valence-electron chi connectivity index (χ3n) is 1.63. The van der Waals surface area contributed by atoms with Crippen LogP contribution in [0, 0.1) is 6.92 Å². The Bertz CT molecular complexity index is 407. The van der Waals surface area contributed by atoms with Gasteiger partial charge in [-0.2, -0.15) is 0 Å². The average Bonchev–Trinajstić information content (AvgIpc) is 2.71. The van der Waals surface area contributed by atoms with Crippen LogP contribution in [-0.4, -0.2) is 19.6 Å². The first-order chi connectivity index (χ1) is 6.29. The highest BCUT2D eigenvalue weighted by Gasteiger charge is 2.02. The molecule has 0 saturated carbocycles. The maximum Gasteiger partial charge on any atom is 0.194 e. The van der Waals surface area contributed by atoms with Crippen molar-refractivity contribution in [2.45, 2.75) is 13.5 Å². The number of nitrogens with zero attached hydrogens (tertiary/aromatic N) is 3. The number of imidazole rings is 1. The molecule has 2 aromatic rings. The second kappa shape index (κ2) is 3.27. The smallest absolute Gasteiger partial charge is 0.194 e. The number of aromatic nitrogens is 3. The fourth-order valence-corrected chi connectivity index (χ4v) is 1.72. The van der Waals surface area contributed by atoms with Gasteiger partial charge in [-0.1, -0.05) is 0 Å². The van der Waals surface area contributed by atoms with Gasteiger partial charge < -0.3 is 5.11 Å². The van der Waals surface area contributed by atoms with Crippen molar-refractivity contribution < 1.29 is 5.11 Å². The van der Waals surface area contributed by atoms with Crippen LogP contribution >= 0.6 is 11.3 Å². The van der Waals surface area contributed by atoms with Crippen molar-refractivity contribution in [3.63, 3.8) is 0 Å². The molecule has 2 heterocycles. The summed E-state index contributed by atoms with van der Waals surface area (Å²) in [4.78, 5) is 9.35. The van der Waals surface area contributed by atoms with Gasteiger partial charge in [0.2, 0.25) is 0 Å². The molecule has 68 valence electrons. The van der Waals surface area contributed by atoms with Crippen LogP contribution in [0.15, 0.2) is 18.7 Å². The Hall–Kier alpha value is -1.20. The first-order valence-corrected chi connectivity index (χ1v) is 4.68. The molecule has 0 atom stereocenters. The van der Waals surface area contributed by atoms with Gasteiger partial charge in [0.1, 0.15) is 6.33 Å². The number of thiazole rings is 1. The Kier molecular flexibility index (Phi) is 2.12. The second-order valence-corrected chi connectivity index (χ2v) is 3.90. The summed E-state index contributed by atoms with van der Waals surface area (Å²) < 4.78 is 1.81. The van der Waals surface area contributed by atoms with Crippen LogP contribution < -0.4 is 0 Å². The second-order valence-electron chi connectivity index (χ2n) is 2.68. The summed E-state index contributed by atoms with van der Waals surface area (Å²) in [6.07, 6.45) is 5.25. The topological polar surface area (TPSA) is 50.9 Å². The molecule has 0 aliphatic rings. The lowest BCUT2D eigenvalue weighted by molar-refractivity contribution is 0.277. The molecule has 2 aromatic heterocycles. The van der Waals surface area contributed by atoms with Crippen LogP contribution in [0.3, 0.4) is 0 Å². The highest BCUT2D eigenvalue weighted by molar-refractivity contribution is 7.13. The lowest BCUT2D eigenvalue weighted by Crippen LogP contribution is -1.87. The maximum atomic E-state index is 8.81. The summed E-state index contributed by atoms with van der Waals surface area (Å²) in [5.41, 5.74) is 0.660. The van der Waals surface area contributed by atoms with Crippen LogP contribution in [0.25, 0.3) is 5.13 Å². The molecule has 0 saturated heterocycles. The highest BCUT2D eigenvalue weighted by Crippen LogP contribution is 2.16. The van der Waals surface area contributed by atoms with Crippen LogP contribution in [0.4, 0.5) is 0 Å². The molecule has 0 aliphatic carbocycles. The van der Waals surface area contributed by atoms with E-state index in [1.807, 2.05) is 17.7 Å². The lowest BCUT2D eigenvalue weighted by Gasteiger charge is -1.91. The van der Waals surface area contributed by atoms with Gasteiger partial charge in [0.15, 0.2) is 5.13 Å². The van der Waals surface area contributed by atoms with E-state index in [4.69, 9.17) is 5.11 Å². The Morgan fingerprint density at radius 3 is 2.92 bits per heavy atom. The molecule has 2 rings (SSSR count). The maximum absolute atomic E-state index is 8.81. The zero-order chi connectivity index (χ0) is 9.26. The average molecular weight is 195 g/mol. The zero-order valence-corrected chi connectivity index (χ0v) is 7.95. The van der Waals surface area contributed by atoms with E-state index in [1.165, 1.54) is 0 Å². The Labute approximate surface area is 79.5 Å². The standard InChI is InChI=1S/C8H9N3OS/c1-6-2-9-8(13-6)11-3-7(4-12)10-5-11/h2-3,5,12H,4H2,1H3. The largest absolute Gasteiger partial charge is 0.390 e. The van der Waals surface area contributed by atoms with E-state index >= 15 is 0 Å². The molecule has 0 unspecified atom stereocenters. The van der Waals surface area contributed by atoms with E-state index in [-0.39, 0.29) is 6.61 Å². The molecule has 13 heavy (non-hydrogen) atoms. The van der Waals surface area contributed by atoms with Gasteiger partial charge in [0.05, 0.1) is 12.3 Å². The van der Waals surface area contributed by atoms with Gasteiger partial charge >= 0.3 is 0 Å². The van der Waals surface area contributed by atoms with Crippen molar-refractivity contribution in [1.29, 1.82) is 0 Å². The van der Waals surface area contributed by atoms with Gasteiger partial charge in [0.25, 0.3) is 0 Å². The van der Waals surface area contributed by atoms with E-state index in [1.54, 1.807) is 23.9 Å². The Balaban J connectivity index is 2.35. The van der Waals surface area contributed by atoms with Crippen LogP contribution in [0.1, 0.15) is 10.6 Å². The van der Waals surface area contributed by atoms with Gasteiger partial charge in [0, 0.05) is 17.3 Å². The van der Waals surface area contributed by atoms with Crippen molar-refractivity contribution in [3.05, 3.63) is 29.3 Å². The molecule has 0 spiro atoms. The number of aryl methyl sites for hydroxylation is 1. The number of hydrogen-bond donors (Lipinski definition) is 1. The Morgan fingerprint density at radius 2 is 2.38 bits per heavy atom. The molecule has 0 radical (unpaired) electrons. The summed E-state index contributed by atoms with van der Waals surface area (Å²) in [6.45, 7) is 1.97. The summed E-state index contributed by atoms with van der Waals surface area (Å²) in [6, 6.07) is 0. The summed E-state index contributed by atoms with van der Waals surface area (Å²) in [5.74, 6) is 0. The zero-order valence-electron chi connectivity index (χ0n) is 7.14. The van der Waals surface area contributed by atoms with Gasteiger partial charge in [-0.15, -0.1) is 11.3 Å². The first-order valence-electron chi connectivity index (χ1n) is 3.86. The molecular formula is C8H9N3OS. The van der Waals surface area contributed by atoms with Crippen molar-refractivity contribution in [2.24, 2.45) is 0 Å². The van der Waals surface area contributed by atoms with Crippen molar-refractivity contribution >= 4 is 11.3 Å². The van der Waals surface area contributed by atoms with Crippen molar-refractivity contribution in [2.75, 3.05) is 0 Å². The van der Waals surface area contributed by atoms with Crippen LogP contribution in [0.5, 0.6) is 0 Å². The van der Waals surface area contributed by atoms with Gasteiger partial charge in [-0.05, 0) is 6.92 Å². The predicted octanol–water partition coefficient (Wildman–Crippen LogP) is 1.13. The van der Waals surface area contributed by atoms with Crippen LogP contribution in [-0.2, 0) is 6.61 Å². The normalized spacial score (nSPS) is 10.6. The van der Waals surface area contributed by atoms with E-state index < -0.39 is 0 Å². The van der Waals surface area contributed by atoms with E-state index in [0.29, 0.717) is 5.69 Å². The number of aliphatic hydroxyl groups is 1. The summed E-state index contributed by atoms with van der Waals surface area (Å²) in [7, 11) is 0. The van der Waals surface area contributed by atoms with Crippen LogP contribution in [0.2, 0.25) is 0 Å². The van der Waals surface area contributed by atoms with E-state index in [9.17, 15) is 0 Å². The number of aliphatic hydroxyl groups excluding tert-OH is 1. The van der Waals surface area contributed by atoms with Gasteiger partial charge in [-0.3, -0.25) is 4.57 Å². The molecule has 5 heteroatoms. The fourth-order valence-electron chi connectivity index (χ4n) is 1.01. The highest BCUT2D eigenvalue weighted by atomic mass is 32.1.